The quantitative estimate of drug-likeness (QED) is 0.804. The van der Waals surface area contributed by atoms with Crippen LogP contribution in [-0.4, -0.2) is 36.2 Å². The summed E-state index contributed by atoms with van der Waals surface area (Å²) in [6, 6.07) is 7.08. The minimum absolute atomic E-state index is 0.0493. The minimum Gasteiger partial charge on any atom is -0.374 e. The van der Waals surface area contributed by atoms with E-state index in [9.17, 15) is 9.59 Å². The topological polar surface area (TPSA) is 49.4 Å². The van der Waals surface area contributed by atoms with Crippen LogP contribution in [0.4, 0.5) is 5.69 Å². The Morgan fingerprint density at radius 3 is 2.47 bits per heavy atom. The summed E-state index contributed by atoms with van der Waals surface area (Å²) in [7, 11) is 1.81. The molecule has 1 amide bonds. The van der Waals surface area contributed by atoms with Gasteiger partial charge < -0.3 is 10.2 Å². The van der Waals surface area contributed by atoms with Crippen molar-refractivity contribution in [2.75, 3.05) is 18.9 Å². The average Bonchev–Trinajstić information content (AvgIpc) is 2.62. The Morgan fingerprint density at radius 1 is 1.35 bits per heavy atom. The van der Waals surface area contributed by atoms with Crippen molar-refractivity contribution in [2.45, 2.75) is 19.4 Å². The molecule has 1 aromatic rings. The van der Waals surface area contributed by atoms with Crippen molar-refractivity contribution in [3.8, 4) is 0 Å². The number of amides is 1. The second kappa shape index (κ2) is 4.57. The SMILES string of the molecule is CC(=O)c1ccc(NC2CCN(C)C2=O)cc1. The lowest BCUT2D eigenvalue weighted by Gasteiger charge is -2.13. The van der Waals surface area contributed by atoms with Gasteiger partial charge in [-0.3, -0.25) is 9.59 Å². The molecular formula is C13H16N2O2. The first kappa shape index (κ1) is 11.6. The Morgan fingerprint density at radius 2 is 2.00 bits per heavy atom. The number of rotatable bonds is 3. The number of nitrogens with one attached hydrogen (secondary N) is 1. The molecule has 2 rings (SSSR count). The van der Waals surface area contributed by atoms with Crippen molar-refractivity contribution in [3.63, 3.8) is 0 Å². The van der Waals surface area contributed by atoms with E-state index in [1.54, 1.807) is 17.0 Å². The Kier molecular flexibility index (Phi) is 3.13. The van der Waals surface area contributed by atoms with E-state index in [0.717, 1.165) is 18.7 Å². The Balaban J connectivity index is 2.04. The van der Waals surface area contributed by atoms with Crippen LogP contribution in [0, 0.1) is 0 Å². The highest BCUT2D eigenvalue weighted by molar-refractivity contribution is 5.94. The first-order valence-electron chi connectivity index (χ1n) is 5.70. The van der Waals surface area contributed by atoms with E-state index in [-0.39, 0.29) is 17.7 Å². The van der Waals surface area contributed by atoms with Crippen LogP contribution in [0.25, 0.3) is 0 Å². The summed E-state index contributed by atoms with van der Waals surface area (Å²) in [6.45, 7) is 2.33. The van der Waals surface area contributed by atoms with Gasteiger partial charge in [0.05, 0.1) is 0 Å². The van der Waals surface area contributed by atoms with Gasteiger partial charge in [0.1, 0.15) is 6.04 Å². The normalized spacial score (nSPS) is 19.5. The molecule has 1 N–H and O–H groups in total. The predicted octanol–water partition coefficient (Wildman–Crippen LogP) is 1.53. The molecule has 0 spiro atoms. The van der Waals surface area contributed by atoms with Crippen LogP contribution in [0.2, 0.25) is 0 Å². The molecule has 1 saturated heterocycles. The molecule has 1 heterocycles. The number of Topliss-reactive ketones (excluding diaryl/α,β-unsaturated/α-hetero) is 1. The first-order chi connectivity index (χ1) is 8.08. The molecule has 1 aliphatic heterocycles. The molecule has 1 aliphatic rings. The lowest BCUT2D eigenvalue weighted by Crippen LogP contribution is -2.30. The van der Waals surface area contributed by atoms with Crippen molar-refractivity contribution in [1.29, 1.82) is 0 Å². The van der Waals surface area contributed by atoms with Gasteiger partial charge in [-0.1, -0.05) is 0 Å². The number of likely N-dealkylation sites (tertiary alicyclic amines) is 1. The number of benzene rings is 1. The largest absolute Gasteiger partial charge is 0.374 e. The summed E-state index contributed by atoms with van der Waals surface area (Å²) in [5.74, 6) is 0.175. The average molecular weight is 232 g/mol. The maximum Gasteiger partial charge on any atom is 0.244 e. The summed E-state index contributed by atoms with van der Waals surface area (Å²) in [4.78, 5) is 24.5. The summed E-state index contributed by atoms with van der Waals surface area (Å²) in [5, 5.41) is 3.18. The molecule has 1 fully saturated rings. The van der Waals surface area contributed by atoms with E-state index < -0.39 is 0 Å². The molecular weight excluding hydrogens is 216 g/mol. The van der Waals surface area contributed by atoms with E-state index >= 15 is 0 Å². The van der Waals surface area contributed by atoms with Gasteiger partial charge >= 0.3 is 0 Å². The van der Waals surface area contributed by atoms with Crippen molar-refractivity contribution < 1.29 is 9.59 Å². The molecule has 0 saturated carbocycles. The van der Waals surface area contributed by atoms with Crippen LogP contribution in [0.5, 0.6) is 0 Å². The van der Waals surface area contributed by atoms with Crippen LogP contribution in [-0.2, 0) is 4.79 Å². The van der Waals surface area contributed by atoms with E-state index in [2.05, 4.69) is 5.32 Å². The van der Waals surface area contributed by atoms with E-state index in [1.807, 2.05) is 19.2 Å². The van der Waals surface area contributed by atoms with Gasteiger partial charge in [-0.25, -0.2) is 0 Å². The third kappa shape index (κ3) is 2.46. The molecule has 0 aromatic heterocycles. The van der Waals surface area contributed by atoms with Crippen molar-refractivity contribution in [1.82, 2.24) is 4.90 Å². The highest BCUT2D eigenvalue weighted by Crippen LogP contribution is 2.16. The molecule has 0 aliphatic carbocycles. The molecule has 1 unspecified atom stereocenters. The zero-order valence-corrected chi connectivity index (χ0v) is 10.1. The first-order valence-corrected chi connectivity index (χ1v) is 5.70. The monoisotopic (exact) mass is 232 g/mol. The van der Waals surface area contributed by atoms with E-state index in [4.69, 9.17) is 0 Å². The molecule has 1 aromatic carbocycles. The summed E-state index contributed by atoms with van der Waals surface area (Å²) < 4.78 is 0. The molecule has 1 atom stereocenters. The molecule has 0 bridgehead atoms. The number of carbonyl (C=O) groups is 2. The maximum atomic E-state index is 11.7. The standard InChI is InChI=1S/C13H16N2O2/c1-9(16)10-3-5-11(6-4-10)14-12-7-8-15(2)13(12)17/h3-6,12,14H,7-8H2,1-2H3. The van der Waals surface area contributed by atoms with Crippen LogP contribution in [0.3, 0.4) is 0 Å². The fourth-order valence-electron chi connectivity index (χ4n) is 1.96. The lowest BCUT2D eigenvalue weighted by atomic mass is 10.1. The van der Waals surface area contributed by atoms with Crippen LogP contribution in [0.1, 0.15) is 23.7 Å². The molecule has 17 heavy (non-hydrogen) atoms. The molecule has 0 radical (unpaired) electrons. The summed E-state index contributed by atoms with van der Waals surface area (Å²) >= 11 is 0. The second-order valence-corrected chi connectivity index (χ2v) is 4.38. The Bertz CT molecular complexity index is 439. The molecule has 4 nitrogen and oxygen atoms in total. The number of nitrogens with zero attached hydrogens (tertiary/aromatic N) is 1. The van der Waals surface area contributed by atoms with Gasteiger partial charge in [0.25, 0.3) is 0 Å². The van der Waals surface area contributed by atoms with Crippen LogP contribution >= 0.6 is 0 Å². The van der Waals surface area contributed by atoms with E-state index in [1.165, 1.54) is 6.92 Å². The van der Waals surface area contributed by atoms with Gasteiger partial charge in [-0.05, 0) is 37.6 Å². The van der Waals surface area contributed by atoms with E-state index in [0.29, 0.717) is 5.56 Å². The number of carbonyl (C=O) groups excluding carboxylic acids is 2. The van der Waals surface area contributed by atoms with Gasteiger partial charge in [0, 0.05) is 24.8 Å². The van der Waals surface area contributed by atoms with Crippen molar-refractivity contribution in [3.05, 3.63) is 29.8 Å². The van der Waals surface area contributed by atoms with Crippen LogP contribution < -0.4 is 5.32 Å². The fraction of sp³-hybridized carbons (Fsp3) is 0.385. The number of hydrogen-bond donors (Lipinski definition) is 1. The fourth-order valence-corrected chi connectivity index (χ4v) is 1.96. The smallest absolute Gasteiger partial charge is 0.244 e. The molecule has 90 valence electrons. The highest BCUT2D eigenvalue weighted by Gasteiger charge is 2.28. The predicted molar refractivity (Wildman–Crippen MR) is 66.1 cm³/mol. The summed E-state index contributed by atoms with van der Waals surface area (Å²) in [5.41, 5.74) is 1.56. The van der Waals surface area contributed by atoms with Gasteiger partial charge in [0.15, 0.2) is 5.78 Å². The Labute approximate surface area is 101 Å². The number of hydrogen-bond acceptors (Lipinski definition) is 3. The maximum absolute atomic E-state index is 11.7. The zero-order valence-electron chi connectivity index (χ0n) is 10.1. The number of anilines is 1. The van der Waals surface area contributed by atoms with Crippen LogP contribution in [0.15, 0.2) is 24.3 Å². The minimum atomic E-state index is -0.136. The van der Waals surface area contributed by atoms with Crippen molar-refractivity contribution in [2.24, 2.45) is 0 Å². The van der Waals surface area contributed by atoms with Gasteiger partial charge in [-0.15, -0.1) is 0 Å². The third-order valence-corrected chi connectivity index (χ3v) is 3.06. The lowest BCUT2D eigenvalue weighted by molar-refractivity contribution is -0.127. The van der Waals surface area contributed by atoms with Crippen molar-refractivity contribution >= 4 is 17.4 Å². The Hall–Kier alpha value is -1.84. The highest BCUT2D eigenvalue weighted by atomic mass is 16.2. The zero-order chi connectivity index (χ0) is 12.4. The number of likely N-dealkylation sites (N-methyl/N-ethyl adjacent to an activating group) is 1. The number of ketones is 1. The van der Waals surface area contributed by atoms with Gasteiger partial charge in [-0.2, -0.15) is 0 Å². The second-order valence-electron chi connectivity index (χ2n) is 4.38. The summed E-state index contributed by atoms with van der Waals surface area (Å²) in [6.07, 6.45) is 0.823. The third-order valence-electron chi connectivity index (χ3n) is 3.06. The van der Waals surface area contributed by atoms with Gasteiger partial charge in [0.2, 0.25) is 5.91 Å². The molecule has 4 heteroatoms.